The van der Waals surface area contributed by atoms with Gasteiger partial charge in [-0.05, 0) is 84.8 Å². The summed E-state index contributed by atoms with van der Waals surface area (Å²) in [6.45, 7) is 17.2. The van der Waals surface area contributed by atoms with E-state index < -0.39 is 35.6 Å². The number of hydrogen-bond acceptors (Lipinski definition) is 12. The molecule has 1 aromatic rings. The maximum atomic E-state index is 12.3. The SMILES string of the molecule is CC.CCOC(=O)NCCCCCNC(=O)OC(C)(C)c1ccc(C(C)(C)OC(=O)NCCCCCC(=O)OC)cc1.CCOC(N)=O.COC=O.[HH].[HH].[HH].[HH]. The van der Waals surface area contributed by atoms with Crippen molar-refractivity contribution in [2.45, 2.75) is 112 Å². The van der Waals surface area contributed by atoms with E-state index in [9.17, 15) is 24.0 Å². The van der Waals surface area contributed by atoms with Gasteiger partial charge in [0.25, 0.3) is 6.47 Å². The first-order valence-corrected chi connectivity index (χ1v) is 17.5. The number of unbranched alkanes of at least 4 members (excludes halogenated alkanes) is 4. The van der Waals surface area contributed by atoms with Crippen molar-refractivity contribution in [2.75, 3.05) is 47.1 Å². The Morgan fingerprint density at radius 2 is 1.04 bits per heavy atom. The van der Waals surface area contributed by atoms with Crippen LogP contribution in [0, 0.1) is 0 Å². The standard InChI is InChI=1S/C29H47N3O8.C3H7NO2.C2H4O2.C2H6.4H2/c1-7-38-25(34)30-19-12-9-13-21-32-27(36)40-29(4,5)23-17-15-22(16-18-23)28(2,3)39-26(35)31-20-11-8-10-14-24(33)37-6;1-2-6-3(4)5;1-4-2-3;1-2;;;;/h15-18H,7-14,19-21H2,1-6H3,(H,30,34)(H,31,35)(H,32,36);2H2,1H3,(H2,4,5);2H,1H3;1-2H3;4*1H. The molecule has 0 aliphatic carbocycles. The molecule has 1 rings (SSSR count). The fraction of sp³-hybridized carbons (Fsp3) is 0.667. The van der Waals surface area contributed by atoms with E-state index in [2.05, 4.69) is 35.9 Å². The molecule has 5 N–H and O–H groups in total. The van der Waals surface area contributed by atoms with Gasteiger partial charge in [0.1, 0.15) is 11.2 Å². The Kier molecular flexibility index (Phi) is 31.9. The molecule has 0 heterocycles. The van der Waals surface area contributed by atoms with Crippen molar-refractivity contribution in [1.82, 2.24) is 16.0 Å². The smallest absolute Gasteiger partial charge is 0.408 e. The number of rotatable bonds is 19. The highest BCUT2D eigenvalue weighted by molar-refractivity contribution is 5.69. The van der Waals surface area contributed by atoms with Crippen molar-refractivity contribution in [3.63, 3.8) is 0 Å². The molecule has 52 heavy (non-hydrogen) atoms. The summed E-state index contributed by atoms with van der Waals surface area (Å²) in [5.41, 5.74) is 4.38. The van der Waals surface area contributed by atoms with Crippen LogP contribution in [-0.2, 0) is 49.2 Å². The Morgan fingerprint density at radius 1 is 0.673 bits per heavy atom. The largest absolute Gasteiger partial charge is 0.471 e. The third-order valence-electron chi connectivity index (χ3n) is 6.58. The van der Waals surface area contributed by atoms with Gasteiger partial charge in [-0.3, -0.25) is 9.59 Å². The van der Waals surface area contributed by atoms with Crippen LogP contribution in [0.2, 0.25) is 0 Å². The van der Waals surface area contributed by atoms with Crippen molar-refractivity contribution in [3.8, 4) is 0 Å². The molecular weight excluding hydrogens is 680 g/mol. The zero-order valence-electron chi connectivity index (χ0n) is 32.8. The molecule has 308 valence electrons. The second-order valence-corrected chi connectivity index (χ2v) is 11.4. The molecular formula is C36H72N4O12. The lowest BCUT2D eigenvalue weighted by Gasteiger charge is -2.28. The summed E-state index contributed by atoms with van der Waals surface area (Å²) in [7, 11) is 2.68. The number of benzene rings is 1. The van der Waals surface area contributed by atoms with E-state index in [0.717, 1.165) is 43.2 Å². The van der Waals surface area contributed by atoms with Crippen molar-refractivity contribution in [3.05, 3.63) is 35.4 Å². The number of hydrogen-bond donors (Lipinski definition) is 4. The summed E-state index contributed by atoms with van der Waals surface area (Å²) in [6, 6.07) is 7.40. The number of methoxy groups -OCH3 is 2. The summed E-state index contributed by atoms with van der Waals surface area (Å²) in [5.74, 6) is -0.233. The predicted octanol–water partition coefficient (Wildman–Crippen LogP) is 7.16. The topological polar surface area (TPSA) is 220 Å². The van der Waals surface area contributed by atoms with Gasteiger partial charge < -0.3 is 50.1 Å². The molecule has 1 aromatic carbocycles. The van der Waals surface area contributed by atoms with Gasteiger partial charge in [-0.15, -0.1) is 0 Å². The van der Waals surface area contributed by atoms with Crippen molar-refractivity contribution >= 4 is 36.8 Å². The van der Waals surface area contributed by atoms with Gasteiger partial charge in [-0.25, -0.2) is 19.2 Å². The van der Waals surface area contributed by atoms with E-state index in [1.54, 1.807) is 27.7 Å². The molecule has 16 heteroatoms. The highest BCUT2D eigenvalue weighted by atomic mass is 16.6. The number of primary amides is 1. The molecule has 0 aliphatic rings. The highest BCUT2D eigenvalue weighted by Crippen LogP contribution is 2.29. The molecule has 4 amide bonds. The van der Waals surface area contributed by atoms with E-state index >= 15 is 0 Å². The van der Waals surface area contributed by atoms with E-state index in [-0.39, 0.29) is 11.7 Å². The second kappa shape index (κ2) is 32.2. The molecule has 0 radical (unpaired) electrons. The zero-order valence-corrected chi connectivity index (χ0v) is 32.8. The maximum absolute atomic E-state index is 12.3. The average molecular weight is 753 g/mol. The average Bonchev–Trinajstić information content (AvgIpc) is 3.10. The molecule has 16 nitrogen and oxygen atoms in total. The molecule has 0 saturated carbocycles. The van der Waals surface area contributed by atoms with Crippen molar-refractivity contribution < 1.29 is 62.9 Å². The minimum Gasteiger partial charge on any atom is -0.471 e. The first kappa shape index (κ1) is 51.6. The molecule has 0 saturated heterocycles. The van der Waals surface area contributed by atoms with Crippen LogP contribution in [-0.4, -0.2) is 83.9 Å². The van der Waals surface area contributed by atoms with Crippen LogP contribution in [0.1, 0.15) is 117 Å². The highest BCUT2D eigenvalue weighted by Gasteiger charge is 2.29. The summed E-state index contributed by atoms with van der Waals surface area (Å²) in [6.07, 6.45) is 2.84. The van der Waals surface area contributed by atoms with E-state index in [1.807, 2.05) is 52.0 Å². The van der Waals surface area contributed by atoms with Gasteiger partial charge in [0.05, 0.1) is 27.4 Å². The monoisotopic (exact) mass is 753 g/mol. The maximum Gasteiger partial charge on any atom is 0.408 e. The number of carbonyl (C=O) groups is 6. The number of esters is 1. The first-order chi connectivity index (χ1) is 24.6. The summed E-state index contributed by atoms with van der Waals surface area (Å²) >= 11 is 0. The third kappa shape index (κ3) is 29.0. The van der Waals surface area contributed by atoms with Crippen LogP contribution in [0.4, 0.5) is 19.2 Å². The quantitative estimate of drug-likeness (QED) is 0.0479. The Bertz CT molecular complexity index is 1150. The lowest BCUT2D eigenvalue weighted by molar-refractivity contribution is -0.140. The summed E-state index contributed by atoms with van der Waals surface area (Å²) < 4.78 is 28.7. The van der Waals surface area contributed by atoms with Gasteiger partial charge in [0.15, 0.2) is 0 Å². The number of nitrogens with two attached hydrogens (primary N) is 1. The van der Waals surface area contributed by atoms with E-state index in [0.29, 0.717) is 52.2 Å². The third-order valence-corrected chi connectivity index (χ3v) is 6.58. The molecule has 0 spiro atoms. The summed E-state index contributed by atoms with van der Waals surface area (Å²) in [5, 5.41) is 8.17. The fourth-order valence-corrected chi connectivity index (χ4v) is 3.92. The van der Waals surface area contributed by atoms with Crippen molar-refractivity contribution in [2.24, 2.45) is 5.73 Å². The lowest BCUT2D eigenvalue weighted by atomic mass is 9.92. The van der Waals surface area contributed by atoms with Crippen LogP contribution in [0.3, 0.4) is 0 Å². The number of carbonyl (C=O) groups excluding carboxylic acids is 6. The lowest BCUT2D eigenvalue weighted by Crippen LogP contribution is -2.34. The predicted molar refractivity (Wildman–Crippen MR) is 205 cm³/mol. The van der Waals surface area contributed by atoms with E-state index in [4.69, 9.17) is 19.0 Å². The minimum absolute atomic E-state index is 0. The summed E-state index contributed by atoms with van der Waals surface area (Å²) in [4.78, 5) is 65.5. The number of nitrogens with one attached hydrogen (secondary N) is 3. The zero-order chi connectivity index (χ0) is 40.4. The Labute approximate surface area is 315 Å². The van der Waals surface area contributed by atoms with E-state index in [1.165, 1.54) is 14.2 Å². The Balaban J connectivity index is -0.000000262. The van der Waals surface area contributed by atoms with Crippen LogP contribution in [0.25, 0.3) is 0 Å². The Morgan fingerprint density at radius 3 is 1.35 bits per heavy atom. The molecule has 0 atom stereocenters. The number of amides is 4. The van der Waals surface area contributed by atoms with Gasteiger partial charge in [0.2, 0.25) is 0 Å². The minimum atomic E-state index is -0.873. The van der Waals surface area contributed by atoms with Crippen LogP contribution in [0.15, 0.2) is 24.3 Å². The van der Waals surface area contributed by atoms with Crippen LogP contribution in [0.5, 0.6) is 0 Å². The number of ether oxygens (including phenoxy) is 6. The first-order valence-electron chi connectivity index (χ1n) is 17.5. The number of alkyl carbamates (subject to hydrolysis) is 3. The Hall–Kier alpha value is -4.76. The fourth-order valence-electron chi connectivity index (χ4n) is 3.92. The second-order valence-electron chi connectivity index (χ2n) is 11.4. The van der Waals surface area contributed by atoms with Crippen LogP contribution >= 0.6 is 0 Å². The van der Waals surface area contributed by atoms with Gasteiger partial charge in [0, 0.05) is 31.8 Å². The molecule has 0 fully saturated rings. The van der Waals surface area contributed by atoms with Crippen LogP contribution < -0.4 is 21.7 Å². The van der Waals surface area contributed by atoms with Crippen molar-refractivity contribution in [1.29, 1.82) is 0 Å². The molecule has 0 aliphatic heterocycles. The van der Waals surface area contributed by atoms with Gasteiger partial charge >= 0.3 is 30.3 Å². The van der Waals surface area contributed by atoms with Gasteiger partial charge in [-0.1, -0.05) is 44.5 Å². The molecule has 0 unspecified atom stereocenters. The molecule has 0 aromatic heterocycles. The normalized spacial score (nSPS) is 10.0. The van der Waals surface area contributed by atoms with Gasteiger partial charge in [-0.2, -0.15) is 0 Å². The molecule has 0 bridgehead atoms.